The van der Waals surface area contributed by atoms with E-state index in [1.807, 2.05) is 6.20 Å². The van der Waals surface area contributed by atoms with Gasteiger partial charge >= 0.3 is 0 Å². The number of aromatic nitrogens is 2. The molecule has 3 rings (SSSR count). The molecule has 2 saturated heterocycles. The van der Waals surface area contributed by atoms with Crippen molar-refractivity contribution in [2.24, 2.45) is 0 Å². The van der Waals surface area contributed by atoms with Gasteiger partial charge in [0.2, 0.25) is 0 Å². The maximum atomic E-state index is 5.89. The number of imidazole rings is 1. The van der Waals surface area contributed by atoms with Gasteiger partial charge in [-0.3, -0.25) is 9.80 Å². The minimum atomic E-state index is 0.464. The largest absolute Gasteiger partial charge is 0.377 e. The van der Waals surface area contributed by atoms with Crippen LogP contribution < -0.4 is 0 Å². The molecule has 5 nitrogen and oxygen atoms in total. The second-order valence-electron chi connectivity index (χ2n) is 6.70. The third kappa shape index (κ3) is 3.89. The third-order valence-electron chi connectivity index (χ3n) is 5.07. The average molecular weight is 306 g/mol. The number of aryl methyl sites for hydroxylation is 1. The summed E-state index contributed by atoms with van der Waals surface area (Å²) in [5, 5.41) is 0. The zero-order chi connectivity index (χ0) is 15.4. The summed E-state index contributed by atoms with van der Waals surface area (Å²) in [5.74, 6) is 1.19. The Kier molecular flexibility index (Phi) is 5.50. The Morgan fingerprint density at radius 2 is 2.23 bits per heavy atom. The molecule has 0 radical (unpaired) electrons. The molecule has 3 heterocycles. The first kappa shape index (κ1) is 16.0. The molecule has 1 aromatic rings. The third-order valence-corrected chi connectivity index (χ3v) is 5.07. The summed E-state index contributed by atoms with van der Waals surface area (Å²) in [5.41, 5.74) is 0. The molecule has 124 valence electrons. The molecule has 0 N–H and O–H groups in total. The van der Waals surface area contributed by atoms with Crippen molar-refractivity contribution in [1.82, 2.24) is 19.4 Å². The van der Waals surface area contributed by atoms with E-state index in [4.69, 9.17) is 4.74 Å². The van der Waals surface area contributed by atoms with Gasteiger partial charge in [0.25, 0.3) is 0 Å². The fourth-order valence-corrected chi connectivity index (χ4v) is 3.67. The molecular weight excluding hydrogens is 276 g/mol. The lowest BCUT2D eigenvalue weighted by Crippen LogP contribution is -2.53. The Hall–Kier alpha value is -0.910. The maximum Gasteiger partial charge on any atom is 0.122 e. The number of hydrogen-bond acceptors (Lipinski definition) is 4. The van der Waals surface area contributed by atoms with Crippen LogP contribution in [0.4, 0.5) is 0 Å². The van der Waals surface area contributed by atoms with Crippen molar-refractivity contribution in [2.75, 3.05) is 32.8 Å². The second-order valence-corrected chi connectivity index (χ2v) is 6.70. The number of ether oxygens (including phenoxy) is 1. The highest BCUT2D eigenvalue weighted by atomic mass is 16.5. The van der Waals surface area contributed by atoms with E-state index in [1.54, 1.807) is 0 Å². The van der Waals surface area contributed by atoms with Gasteiger partial charge in [-0.15, -0.1) is 0 Å². The summed E-state index contributed by atoms with van der Waals surface area (Å²) in [7, 11) is 0. The predicted molar refractivity (Wildman–Crippen MR) is 87.8 cm³/mol. The number of piperazine rings is 1. The first-order valence-corrected chi connectivity index (χ1v) is 8.84. The molecular formula is C17H30N4O. The quantitative estimate of drug-likeness (QED) is 0.833. The lowest BCUT2D eigenvalue weighted by Gasteiger charge is -2.41. The smallest absolute Gasteiger partial charge is 0.122 e. The molecule has 2 atom stereocenters. The molecule has 0 spiro atoms. The van der Waals surface area contributed by atoms with Gasteiger partial charge in [-0.05, 0) is 33.1 Å². The van der Waals surface area contributed by atoms with Crippen LogP contribution in [0.3, 0.4) is 0 Å². The van der Waals surface area contributed by atoms with E-state index in [9.17, 15) is 0 Å². The molecule has 0 aliphatic carbocycles. The van der Waals surface area contributed by atoms with Crippen LogP contribution in [0.25, 0.3) is 0 Å². The van der Waals surface area contributed by atoms with Crippen LogP contribution in [0.2, 0.25) is 0 Å². The number of rotatable bonds is 5. The highest BCUT2D eigenvalue weighted by molar-refractivity contribution is 4.94. The lowest BCUT2D eigenvalue weighted by atomic mass is 10.1. The summed E-state index contributed by atoms with van der Waals surface area (Å²) in [4.78, 5) is 9.66. The van der Waals surface area contributed by atoms with E-state index in [0.717, 1.165) is 45.9 Å². The van der Waals surface area contributed by atoms with Gasteiger partial charge in [0.15, 0.2) is 0 Å². The summed E-state index contributed by atoms with van der Waals surface area (Å²) in [6.07, 6.45) is 8.27. The molecule has 2 unspecified atom stereocenters. The van der Waals surface area contributed by atoms with Gasteiger partial charge in [0.1, 0.15) is 5.82 Å². The van der Waals surface area contributed by atoms with Crippen LogP contribution in [0, 0.1) is 0 Å². The van der Waals surface area contributed by atoms with Crippen molar-refractivity contribution >= 4 is 0 Å². The molecule has 0 aromatic carbocycles. The van der Waals surface area contributed by atoms with Crippen molar-refractivity contribution in [2.45, 2.75) is 58.3 Å². The van der Waals surface area contributed by atoms with E-state index in [2.05, 4.69) is 39.4 Å². The van der Waals surface area contributed by atoms with Gasteiger partial charge in [-0.2, -0.15) is 0 Å². The Balaban J connectivity index is 1.49. The fourth-order valence-electron chi connectivity index (χ4n) is 3.67. The van der Waals surface area contributed by atoms with E-state index < -0.39 is 0 Å². The Labute approximate surface area is 134 Å². The fraction of sp³-hybridized carbons (Fsp3) is 0.824. The first-order chi connectivity index (χ1) is 10.8. The molecule has 2 aliphatic heterocycles. The standard InChI is InChI=1S/C17H30N4O/c1-3-20-8-7-18-17(20)14-21-10-9-19(12-15(21)2)13-16-6-4-5-11-22-16/h7-8,15-16H,3-6,9-14H2,1-2H3. The summed E-state index contributed by atoms with van der Waals surface area (Å²) in [6, 6.07) is 0.583. The monoisotopic (exact) mass is 306 g/mol. The normalized spacial score (nSPS) is 28.1. The van der Waals surface area contributed by atoms with Gasteiger partial charge in [0, 0.05) is 57.8 Å². The van der Waals surface area contributed by atoms with Gasteiger partial charge in [0.05, 0.1) is 12.6 Å². The van der Waals surface area contributed by atoms with Crippen molar-refractivity contribution < 1.29 is 4.74 Å². The molecule has 0 bridgehead atoms. The summed E-state index contributed by atoms with van der Waals surface area (Å²) in [6.45, 7) is 12.0. The minimum Gasteiger partial charge on any atom is -0.377 e. The molecule has 5 heteroatoms. The molecule has 0 amide bonds. The van der Waals surface area contributed by atoms with Crippen LogP contribution in [-0.2, 0) is 17.8 Å². The van der Waals surface area contributed by atoms with Crippen LogP contribution in [0.5, 0.6) is 0 Å². The highest BCUT2D eigenvalue weighted by Gasteiger charge is 2.27. The summed E-state index contributed by atoms with van der Waals surface area (Å²) < 4.78 is 8.13. The van der Waals surface area contributed by atoms with Crippen molar-refractivity contribution in [3.8, 4) is 0 Å². The van der Waals surface area contributed by atoms with Crippen molar-refractivity contribution in [1.29, 1.82) is 0 Å². The van der Waals surface area contributed by atoms with Crippen LogP contribution in [0.1, 0.15) is 38.9 Å². The van der Waals surface area contributed by atoms with E-state index in [0.29, 0.717) is 12.1 Å². The molecule has 2 fully saturated rings. The van der Waals surface area contributed by atoms with Gasteiger partial charge in [-0.1, -0.05) is 0 Å². The molecule has 2 aliphatic rings. The summed E-state index contributed by atoms with van der Waals surface area (Å²) >= 11 is 0. The lowest BCUT2D eigenvalue weighted by molar-refractivity contribution is -0.0222. The average Bonchev–Trinajstić information content (AvgIpc) is 2.98. The van der Waals surface area contributed by atoms with E-state index >= 15 is 0 Å². The van der Waals surface area contributed by atoms with Crippen LogP contribution >= 0.6 is 0 Å². The minimum absolute atomic E-state index is 0.464. The first-order valence-electron chi connectivity index (χ1n) is 8.84. The number of nitrogens with zero attached hydrogens (tertiary/aromatic N) is 4. The topological polar surface area (TPSA) is 33.5 Å². The van der Waals surface area contributed by atoms with E-state index in [1.165, 1.54) is 25.1 Å². The van der Waals surface area contributed by atoms with Crippen molar-refractivity contribution in [3.63, 3.8) is 0 Å². The van der Waals surface area contributed by atoms with Crippen LogP contribution in [-0.4, -0.2) is 64.3 Å². The Bertz CT molecular complexity index is 455. The molecule has 1 aromatic heterocycles. The van der Waals surface area contributed by atoms with Gasteiger partial charge < -0.3 is 9.30 Å². The molecule has 22 heavy (non-hydrogen) atoms. The van der Waals surface area contributed by atoms with Crippen LogP contribution in [0.15, 0.2) is 12.4 Å². The maximum absolute atomic E-state index is 5.89. The SMILES string of the molecule is CCn1ccnc1CN1CCN(CC2CCCCO2)CC1C. The van der Waals surface area contributed by atoms with E-state index in [-0.39, 0.29) is 0 Å². The zero-order valence-electron chi connectivity index (χ0n) is 14.1. The highest BCUT2D eigenvalue weighted by Crippen LogP contribution is 2.17. The van der Waals surface area contributed by atoms with Gasteiger partial charge in [-0.25, -0.2) is 4.98 Å². The second kappa shape index (κ2) is 7.57. The zero-order valence-corrected chi connectivity index (χ0v) is 14.1. The molecule has 0 saturated carbocycles. The Morgan fingerprint density at radius 1 is 1.32 bits per heavy atom. The van der Waals surface area contributed by atoms with Crippen molar-refractivity contribution in [3.05, 3.63) is 18.2 Å². The predicted octanol–water partition coefficient (Wildman–Crippen LogP) is 1.98. The Morgan fingerprint density at radius 3 is 2.95 bits per heavy atom. The number of hydrogen-bond donors (Lipinski definition) is 0.